The fourth-order valence-corrected chi connectivity index (χ4v) is 5.07. The van der Waals surface area contributed by atoms with Gasteiger partial charge in [0.2, 0.25) is 5.95 Å². The van der Waals surface area contributed by atoms with Crippen LogP contribution in [0.5, 0.6) is 0 Å². The second kappa shape index (κ2) is 9.93. The zero-order valence-corrected chi connectivity index (χ0v) is 19.9. The molecule has 0 aromatic carbocycles. The molecule has 0 spiro atoms. The minimum absolute atomic E-state index is 0.247. The van der Waals surface area contributed by atoms with Crippen LogP contribution < -0.4 is 16.0 Å². The molecule has 172 valence electrons. The summed E-state index contributed by atoms with van der Waals surface area (Å²) < 4.78 is 1.01. The number of thiophene rings is 1. The Labute approximate surface area is 192 Å². The molecule has 0 radical (unpaired) electrons. The molecule has 4 rings (SSSR count). The molecule has 3 aromatic rings. The smallest absolute Gasteiger partial charge is 0.225 e. The first-order valence-corrected chi connectivity index (χ1v) is 12.0. The molecule has 0 saturated carbocycles. The average molecular weight is 457 g/mol. The van der Waals surface area contributed by atoms with Crippen molar-refractivity contribution in [1.82, 2.24) is 30.4 Å². The Kier molecular flexibility index (Phi) is 7.02. The van der Waals surface area contributed by atoms with Gasteiger partial charge in [0, 0.05) is 36.3 Å². The normalized spacial score (nSPS) is 21.2. The first-order chi connectivity index (χ1) is 15.4. The number of piperidine rings is 1. The minimum atomic E-state index is 0.247. The molecule has 1 aliphatic heterocycles. The SMILES string of the molecule is Cc1cc(Nc2nc(N[C@@H]3C[C@@H](CCC(=O)CN(C)C)N[C@@H](C)C3)nc3ccsc23)n[nH]1. The largest absolute Gasteiger partial charge is 0.351 e. The number of nitrogens with zero attached hydrogens (tertiary/aromatic N) is 4. The maximum atomic E-state index is 12.1. The number of aromatic nitrogens is 4. The molecule has 1 saturated heterocycles. The van der Waals surface area contributed by atoms with Crippen LogP contribution in [-0.4, -0.2) is 69.6 Å². The molecule has 4 heterocycles. The highest BCUT2D eigenvalue weighted by Crippen LogP contribution is 2.30. The molecule has 1 fully saturated rings. The number of likely N-dealkylation sites (N-methyl/N-ethyl adjacent to an activating group) is 1. The van der Waals surface area contributed by atoms with Gasteiger partial charge in [-0.05, 0) is 58.7 Å². The number of nitrogens with one attached hydrogen (secondary N) is 4. The van der Waals surface area contributed by atoms with E-state index >= 15 is 0 Å². The topological polar surface area (TPSA) is 111 Å². The van der Waals surface area contributed by atoms with Gasteiger partial charge in [-0.25, -0.2) is 4.98 Å². The van der Waals surface area contributed by atoms with Crippen molar-refractivity contribution in [3.05, 3.63) is 23.2 Å². The van der Waals surface area contributed by atoms with Crippen LogP contribution >= 0.6 is 11.3 Å². The summed E-state index contributed by atoms with van der Waals surface area (Å²) in [5.74, 6) is 2.40. The van der Waals surface area contributed by atoms with Crippen LogP contribution in [0.1, 0.15) is 38.3 Å². The summed E-state index contributed by atoms with van der Waals surface area (Å²) >= 11 is 1.61. The molecular weight excluding hydrogens is 424 g/mol. The van der Waals surface area contributed by atoms with Gasteiger partial charge in [-0.3, -0.25) is 9.89 Å². The predicted molar refractivity (Wildman–Crippen MR) is 130 cm³/mol. The molecule has 3 aromatic heterocycles. The summed E-state index contributed by atoms with van der Waals surface area (Å²) in [7, 11) is 3.86. The van der Waals surface area contributed by atoms with Gasteiger partial charge in [-0.2, -0.15) is 10.1 Å². The Hall–Kier alpha value is -2.56. The van der Waals surface area contributed by atoms with Crippen molar-refractivity contribution in [3.8, 4) is 0 Å². The quantitative estimate of drug-likeness (QED) is 0.388. The van der Waals surface area contributed by atoms with E-state index in [1.54, 1.807) is 11.3 Å². The van der Waals surface area contributed by atoms with Gasteiger partial charge in [0.05, 0.1) is 16.8 Å². The molecule has 3 atom stereocenters. The maximum Gasteiger partial charge on any atom is 0.225 e. The van der Waals surface area contributed by atoms with E-state index in [0.717, 1.165) is 46.8 Å². The maximum absolute atomic E-state index is 12.1. The van der Waals surface area contributed by atoms with Gasteiger partial charge in [0.1, 0.15) is 5.78 Å². The summed E-state index contributed by atoms with van der Waals surface area (Å²) in [5, 5.41) is 19.8. The molecule has 0 aliphatic carbocycles. The molecule has 4 N–H and O–H groups in total. The number of carbonyl (C=O) groups excluding carboxylic acids is 1. The molecule has 32 heavy (non-hydrogen) atoms. The third kappa shape index (κ3) is 5.81. The van der Waals surface area contributed by atoms with Crippen LogP contribution in [0.4, 0.5) is 17.6 Å². The van der Waals surface area contributed by atoms with E-state index in [0.29, 0.717) is 31.0 Å². The van der Waals surface area contributed by atoms with Crippen molar-refractivity contribution in [2.45, 2.75) is 57.7 Å². The summed E-state index contributed by atoms with van der Waals surface area (Å²) in [6.07, 6.45) is 3.37. The number of Topliss-reactive ketones (excluding diaryl/α,β-unsaturated/α-hetero) is 1. The summed E-state index contributed by atoms with van der Waals surface area (Å²) in [5.41, 5.74) is 1.90. The highest BCUT2D eigenvalue weighted by Gasteiger charge is 2.27. The van der Waals surface area contributed by atoms with Crippen LogP contribution in [0.3, 0.4) is 0 Å². The van der Waals surface area contributed by atoms with Gasteiger partial charge in [0.15, 0.2) is 11.6 Å². The van der Waals surface area contributed by atoms with Crippen LogP contribution in [0.2, 0.25) is 0 Å². The summed E-state index contributed by atoms with van der Waals surface area (Å²) in [4.78, 5) is 23.6. The van der Waals surface area contributed by atoms with E-state index in [-0.39, 0.29) is 11.8 Å². The number of aromatic amines is 1. The summed E-state index contributed by atoms with van der Waals surface area (Å²) in [6.45, 7) is 4.66. The number of hydrogen-bond acceptors (Lipinski definition) is 9. The third-order valence-corrected chi connectivity index (χ3v) is 6.49. The first kappa shape index (κ1) is 22.6. The number of rotatable bonds is 9. The zero-order valence-electron chi connectivity index (χ0n) is 19.1. The van der Waals surface area contributed by atoms with Gasteiger partial charge in [-0.15, -0.1) is 11.3 Å². The molecule has 0 bridgehead atoms. The number of fused-ring (bicyclic) bond motifs is 1. The van der Waals surface area contributed by atoms with Crippen molar-refractivity contribution in [1.29, 1.82) is 0 Å². The molecule has 1 aliphatic rings. The lowest BCUT2D eigenvalue weighted by molar-refractivity contribution is -0.119. The molecule has 10 heteroatoms. The van der Waals surface area contributed by atoms with Gasteiger partial charge in [-0.1, -0.05) is 0 Å². The van der Waals surface area contributed by atoms with Crippen LogP contribution in [0.15, 0.2) is 17.5 Å². The van der Waals surface area contributed by atoms with Crippen molar-refractivity contribution in [2.24, 2.45) is 0 Å². The van der Waals surface area contributed by atoms with Crippen LogP contribution in [0, 0.1) is 6.92 Å². The minimum Gasteiger partial charge on any atom is -0.351 e. The van der Waals surface area contributed by atoms with Crippen molar-refractivity contribution in [3.63, 3.8) is 0 Å². The van der Waals surface area contributed by atoms with Crippen molar-refractivity contribution in [2.75, 3.05) is 31.3 Å². The van der Waals surface area contributed by atoms with Gasteiger partial charge < -0.3 is 20.9 Å². The van der Waals surface area contributed by atoms with E-state index in [9.17, 15) is 4.79 Å². The number of hydrogen-bond donors (Lipinski definition) is 4. The lowest BCUT2D eigenvalue weighted by atomic mass is 9.91. The highest BCUT2D eigenvalue weighted by atomic mass is 32.1. The second-order valence-corrected chi connectivity index (χ2v) is 9.90. The lowest BCUT2D eigenvalue weighted by Crippen LogP contribution is -2.48. The van der Waals surface area contributed by atoms with E-state index in [1.807, 2.05) is 43.4 Å². The van der Waals surface area contributed by atoms with Gasteiger partial charge >= 0.3 is 0 Å². The predicted octanol–water partition coefficient (Wildman–Crippen LogP) is 3.30. The number of ketones is 1. The fourth-order valence-electron chi connectivity index (χ4n) is 4.29. The van der Waals surface area contributed by atoms with Crippen LogP contribution in [-0.2, 0) is 4.79 Å². The Morgan fingerprint density at radius 3 is 2.91 bits per heavy atom. The third-order valence-electron chi connectivity index (χ3n) is 5.58. The van der Waals surface area contributed by atoms with E-state index in [1.165, 1.54) is 0 Å². The number of H-pyrrole nitrogens is 1. The zero-order chi connectivity index (χ0) is 22.7. The fraction of sp³-hybridized carbons (Fsp3) is 0.545. The summed E-state index contributed by atoms with van der Waals surface area (Å²) in [6, 6.07) is 4.88. The highest BCUT2D eigenvalue weighted by molar-refractivity contribution is 7.17. The Morgan fingerprint density at radius 1 is 1.31 bits per heavy atom. The van der Waals surface area contributed by atoms with Crippen molar-refractivity contribution < 1.29 is 4.79 Å². The van der Waals surface area contributed by atoms with E-state index < -0.39 is 0 Å². The number of aryl methyl sites for hydroxylation is 1. The number of carbonyl (C=O) groups is 1. The number of anilines is 3. The molecule has 0 unspecified atom stereocenters. The Morgan fingerprint density at radius 2 is 2.16 bits per heavy atom. The van der Waals surface area contributed by atoms with E-state index in [4.69, 9.17) is 9.97 Å². The second-order valence-electron chi connectivity index (χ2n) is 8.98. The standard InChI is InChI=1S/C22H32N8OS/c1-13-9-16(11-15(23-13)5-6-17(31)12-30(3)4)24-22-25-18-7-8-32-20(18)21(27-22)26-19-10-14(2)28-29-19/h7-8,10,13,15-16,23H,5-6,9,11-12H2,1-4H3,(H3,24,25,26,27,28,29)/t13-,15+,16-/m0/s1. The van der Waals surface area contributed by atoms with E-state index in [2.05, 4.69) is 33.1 Å². The van der Waals surface area contributed by atoms with Crippen molar-refractivity contribution >= 4 is 44.9 Å². The Balaban J connectivity index is 1.44. The molecule has 9 nitrogen and oxygen atoms in total. The monoisotopic (exact) mass is 456 g/mol. The first-order valence-electron chi connectivity index (χ1n) is 11.1. The lowest BCUT2D eigenvalue weighted by Gasteiger charge is -2.35. The average Bonchev–Trinajstić information content (AvgIpc) is 3.34. The Bertz CT molecular complexity index is 1060. The van der Waals surface area contributed by atoms with Gasteiger partial charge in [0.25, 0.3) is 0 Å². The molecule has 0 amide bonds. The van der Waals surface area contributed by atoms with Crippen LogP contribution in [0.25, 0.3) is 10.2 Å². The molecular formula is C22H32N8OS.